The van der Waals surface area contributed by atoms with Gasteiger partial charge in [-0.15, -0.1) is 0 Å². The minimum absolute atomic E-state index is 1.09. The Bertz CT molecular complexity index is 232. The molecule has 0 heterocycles. The summed E-state index contributed by atoms with van der Waals surface area (Å²) in [5.41, 5.74) is 0. The molecule has 0 radical (unpaired) electrons. The molecule has 0 aliphatic carbocycles. The first kappa shape index (κ1) is 18.2. The molecule has 0 saturated heterocycles. The second-order valence-corrected chi connectivity index (χ2v) is 5.23. The standard InChI is InChI=1S/C19H34/c1-3-5-7-9-11-13-15-17-19-18-16-14-12-10-8-6-4-2/h11,13-14,16-17,19H,3-10,12,15,18H2,1-2H3/b13-11+,16-14+,19-17+. The van der Waals surface area contributed by atoms with Crippen LogP contribution in [0.25, 0.3) is 0 Å². The lowest BCUT2D eigenvalue weighted by Gasteiger charge is -1.93. The molecule has 110 valence electrons. The highest BCUT2D eigenvalue weighted by Crippen LogP contribution is 2.03. The summed E-state index contributed by atoms with van der Waals surface area (Å²) in [5.74, 6) is 0. The maximum atomic E-state index is 2.33. The SMILES string of the molecule is CCCCC/C=C/C/C=C/C/C=C/CCCCCC. The van der Waals surface area contributed by atoms with Crippen molar-refractivity contribution in [3.63, 3.8) is 0 Å². The maximum absolute atomic E-state index is 2.33. The van der Waals surface area contributed by atoms with Gasteiger partial charge in [-0.25, -0.2) is 0 Å². The fourth-order valence-electron chi connectivity index (χ4n) is 1.98. The van der Waals surface area contributed by atoms with Crippen LogP contribution in [0.3, 0.4) is 0 Å². The van der Waals surface area contributed by atoms with Crippen LogP contribution in [-0.2, 0) is 0 Å². The van der Waals surface area contributed by atoms with E-state index in [2.05, 4.69) is 50.3 Å². The predicted octanol–water partition coefficient (Wildman–Crippen LogP) is 6.99. The molecule has 0 amide bonds. The van der Waals surface area contributed by atoms with Crippen molar-refractivity contribution < 1.29 is 0 Å². The third-order valence-corrected chi connectivity index (χ3v) is 3.24. The molecule has 0 aliphatic rings. The number of unbranched alkanes of at least 4 members (excludes halogenated alkanes) is 7. The highest BCUT2D eigenvalue weighted by atomic mass is 13.9. The number of hydrogen-bond acceptors (Lipinski definition) is 0. The molecular formula is C19H34. The van der Waals surface area contributed by atoms with Crippen LogP contribution >= 0.6 is 0 Å². The highest BCUT2D eigenvalue weighted by Gasteiger charge is 1.83. The van der Waals surface area contributed by atoms with Gasteiger partial charge >= 0.3 is 0 Å². The van der Waals surface area contributed by atoms with Crippen molar-refractivity contribution in [3.05, 3.63) is 36.5 Å². The lowest BCUT2D eigenvalue weighted by molar-refractivity contribution is 0.674. The molecule has 0 unspecified atom stereocenters. The molecule has 0 N–H and O–H groups in total. The number of allylic oxidation sites excluding steroid dienone is 6. The molecule has 0 spiro atoms. The lowest BCUT2D eigenvalue weighted by Crippen LogP contribution is -1.73. The second kappa shape index (κ2) is 17.2. The van der Waals surface area contributed by atoms with E-state index in [1.807, 2.05) is 0 Å². The fraction of sp³-hybridized carbons (Fsp3) is 0.684. The van der Waals surface area contributed by atoms with Gasteiger partial charge in [-0.1, -0.05) is 82.4 Å². The number of hydrogen-bond donors (Lipinski definition) is 0. The average Bonchev–Trinajstić information content (AvgIpc) is 2.43. The van der Waals surface area contributed by atoms with Crippen LogP contribution in [0.15, 0.2) is 36.5 Å². The van der Waals surface area contributed by atoms with Crippen LogP contribution in [0.2, 0.25) is 0 Å². The van der Waals surface area contributed by atoms with E-state index in [1.54, 1.807) is 0 Å². The first-order valence-electron chi connectivity index (χ1n) is 8.36. The summed E-state index contributed by atoms with van der Waals surface area (Å²) in [6, 6.07) is 0. The van der Waals surface area contributed by atoms with Crippen molar-refractivity contribution in [3.8, 4) is 0 Å². The van der Waals surface area contributed by atoms with Gasteiger partial charge in [0.1, 0.15) is 0 Å². The Morgan fingerprint density at radius 3 is 1.42 bits per heavy atom. The Hall–Kier alpha value is -0.780. The predicted molar refractivity (Wildman–Crippen MR) is 89.6 cm³/mol. The normalized spacial score (nSPS) is 12.3. The summed E-state index contributed by atoms with van der Waals surface area (Å²) in [5, 5.41) is 0. The van der Waals surface area contributed by atoms with Crippen LogP contribution in [0.5, 0.6) is 0 Å². The van der Waals surface area contributed by atoms with Gasteiger partial charge in [0.2, 0.25) is 0 Å². The lowest BCUT2D eigenvalue weighted by atomic mass is 10.1. The Morgan fingerprint density at radius 1 is 0.474 bits per heavy atom. The van der Waals surface area contributed by atoms with E-state index < -0.39 is 0 Å². The average molecular weight is 262 g/mol. The van der Waals surface area contributed by atoms with E-state index in [0.29, 0.717) is 0 Å². The zero-order valence-corrected chi connectivity index (χ0v) is 13.2. The van der Waals surface area contributed by atoms with Gasteiger partial charge in [0.25, 0.3) is 0 Å². The van der Waals surface area contributed by atoms with Gasteiger partial charge in [0, 0.05) is 0 Å². The van der Waals surface area contributed by atoms with Crippen molar-refractivity contribution in [2.75, 3.05) is 0 Å². The zero-order valence-electron chi connectivity index (χ0n) is 13.2. The van der Waals surface area contributed by atoms with Crippen LogP contribution in [-0.4, -0.2) is 0 Å². The van der Waals surface area contributed by atoms with Crippen LogP contribution in [0, 0.1) is 0 Å². The van der Waals surface area contributed by atoms with Gasteiger partial charge in [-0.3, -0.25) is 0 Å². The summed E-state index contributed by atoms with van der Waals surface area (Å²) >= 11 is 0. The molecule has 0 bridgehead atoms. The van der Waals surface area contributed by atoms with E-state index in [9.17, 15) is 0 Å². The van der Waals surface area contributed by atoms with Crippen LogP contribution in [0.4, 0.5) is 0 Å². The molecule has 0 aromatic heterocycles. The van der Waals surface area contributed by atoms with Crippen molar-refractivity contribution in [2.24, 2.45) is 0 Å². The first-order valence-corrected chi connectivity index (χ1v) is 8.36. The van der Waals surface area contributed by atoms with E-state index in [-0.39, 0.29) is 0 Å². The third kappa shape index (κ3) is 17.2. The molecule has 0 aromatic rings. The molecular weight excluding hydrogens is 228 g/mol. The smallest absolute Gasteiger partial charge is 0.0169 e. The van der Waals surface area contributed by atoms with Gasteiger partial charge in [0.15, 0.2) is 0 Å². The molecule has 0 rings (SSSR count). The summed E-state index contributed by atoms with van der Waals surface area (Å²) in [6.45, 7) is 4.52. The summed E-state index contributed by atoms with van der Waals surface area (Å²) < 4.78 is 0. The Kier molecular flexibility index (Phi) is 16.5. The fourth-order valence-corrected chi connectivity index (χ4v) is 1.98. The zero-order chi connectivity index (χ0) is 14.0. The molecule has 19 heavy (non-hydrogen) atoms. The van der Waals surface area contributed by atoms with Gasteiger partial charge < -0.3 is 0 Å². The summed E-state index contributed by atoms with van der Waals surface area (Å²) in [7, 11) is 0. The minimum Gasteiger partial charge on any atom is -0.0882 e. The second-order valence-electron chi connectivity index (χ2n) is 5.23. The summed E-state index contributed by atoms with van der Waals surface area (Å²) in [4.78, 5) is 0. The van der Waals surface area contributed by atoms with Crippen LogP contribution in [0.1, 0.15) is 84.5 Å². The van der Waals surface area contributed by atoms with Crippen molar-refractivity contribution >= 4 is 0 Å². The molecule has 0 aliphatic heterocycles. The molecule has 0 saturated carbocycles. The topological polar surface area (TPSA) is 0 Å². The Balaban J connectivity index is 3.26. The van der Waals surface area contributed by atoms with E-state index >= 15 is 0 Å². The molecule has 0 fully saturated rings. The van der Waals surface area contributed by atoms with E-state index in [0.717, 1.165) is 12.8 Å². The van der Waals surface area contributed by atoms with Gasteiger partial charge in [-0.2, -0.15) is 0 Å². The molecule has 0 atom stereocenters. The summed E-state index contributed by atoms with van der Waals surface area (Å²) in [6.07, 6.45) is 28.0. The van der Waals surface area contributed by atoms with Gasteiger partial charge in [-0.05, 0) is 38.5 Å². The van der Waals surface area contributed by atoms with Crippen LogP contribution < -0.4 is 0 Å². The maximum Gasteiger partial charge on any atom is -0.0169 e. The largest absolute Gasteiger partial charge is 0.0882 e. The molecule has 0 nitrogen and oxygen atoms in total. The van der Waals surface area contributed by atoms with Crippen molar-refractivity contribution in [1.29, 1.82) is 0 Å². The van der Waals surface area contributed by atoms with E-state index in [4.69, 9.17) is 0 Å². The van der Waals surface area contributed by atoms with Crippen molar-refractivity contribution in [1.82, 2.24) is 0 Å². The van der Waals surface area contributed by atoms with Crippen molar-refractivity contribution in [2.45, 2.75) is 84.5 Å². The highest BCUT2D eigenvalue weighted by molar-refractivity contribution is 4.97. The van der Waals surface area contributed by atoms with Gasteiger partial charge in [0.05, 0.1) is 0 Å². The van der Waals surface area contributed by atoms with E-state index in [1.165, 1.54) is 57.8 Å². The minimum atomic E-state index is 1.09. The monoisotopic (exact) mass is 262 g/mol. The third-order valence-electron chi connectivity index (χ3n) is 3.24. The molecule has 0 heteroatoms. The number of rotatable bonds is 13. The first-order chi connectivity index (χ1) is 9.41. The Morgan fingerprint density at radius 2 is 0.895 bits per heavy atom. The molecule has 0 aromatic carbocycles. The Labute approximate surface area is 121 Å². The quantitative estimate of drug-likeness (QED) is 0.248.